The highest BCUT2D eigenvalue weighted by Crippen LogP contribution is 2.42. The molecule has 46 heavy (non-hydrogen) atoms. The molecule has 10 atom stereocenters. The fourth-order valence-corrected chi connectivity index (χ4v) is 5.29. The molecule has 18 nitrogen and oxygen atoms in total. The molecular weight excluding hydrogens is 629 g/mol. The third-order valence-electron chi connectivity index (χ3n) is 7.21. The lowest BCUT2D eigenvalue weighted by molar-refractivity contribution is -0.352. The lowest BCUT2D eigenvalue weighted by Crippen LogP contribution is -2.80. The summed E-state index contributed by atoms with van der Waals surface area (Å²) in [5.74, 6) is -6.23. The van der Waals surface area contributed by atoms with E-state index in [1.165, 1.54) is 0 Å². The van der Waals surface area contributed by atoms with E-state index in [0.29, 0.717) is 0 Å². The van der Waals surface area contributed by atoms with Crippen molar-refractivity contribution >= 4 is 41.4 Å². The van der Waals surface area contributed by atoms with E-state index in [9.17, 15) is 48.2 Å². The first-order valence-electron chi connectivity index (χ1n) is 13.8. The normalized spacial score (nSPS) is 33.2. The Balaban J connectivity index is 2.70. The van der Waals surface area contributed by atoms with Crippen LogP contribution in [0, 0.1) is 0 Å². The van der Waals surface area contributed by atoms with E-state index in [1.54, 1.807) is 0 Å². The number of alkyl halides is 1. The second-order valence-corrected chi connectivity index (χ2v) is 10.5. The zero-order chi connectivity index (χ0) is 35.1. The van der Waals surface area contributed by atoms with Crippen LogP contribution in [0.15, 0.2) is 0 Å². The van der Waals surface area contributed by atoms with Gasteiger partial charge in [-0.3, -0.25) is 28.8 Å². The lowest BCUT2D eigenvalue weighted by Gasteiger charge is -2.54. The summed E-state index contributed by atoms with van der Waals surface area (Å²) in [6.07, 6.45) is -16.4. The summed E-state index contributed by atoms with van der Waals surface area (Å²) in [4.78, 5) is 86.1. The number of esters is 3. The predicted octanol–water partition coefficient (Wildman–Crippen LogP) is -2.03. The molecule has 260 valence electrons. The topological polar surface area (TPSA) is 260 Å². The van der Waals surface area contributed by atoms with Crippen molar-refractivity contribution in [2.24, 2.45) is 5.73 Å². The Morgan fingerprint density at radius 2 is 1.41 bits per heavy atom. The molecule has 2 heterocycles. The molecular formula is C27H38FNO17. The summed E-state index contributed by atoms with van der Waals surface area (Å²) in [5, 5.41) is 23.6. The molecule has 0 aromatic heterocycles. The van der Waals surface area contributed by atoms with Crippen LogP contribution in [0.1, 0.15) is 41.5 Å². The first-order chi connectivity index (χ1) is 21.3. The van der Waals surface area contributed by atoms with E-state index < -0.39 is 128 Å². The molecule has 0 aromatic rings. The maximum Gasteiger partial charge on any atom is 0.405 e. The van der Waals surface area contributed by atoms with Crippen molar-refractivity contribution in [3.8, 4) is 0 Å². The van der Waals surface area contributed by atoms with Crippen LogP contribution < -0.4 is 5.73 Å². The van der Waals surface area contributed by atoms with Crippen LogP contribution >= 0.6 is 0 Å². The number of ketones is 3. The quantitative estimate of drug-likeness (QED) is 0.133. The molecule has 0 aliphatic carbocycles. The number of hydrogen-bond donors (Lipinski definition) is 3. The fraction of sp³-hybridized carbons (Fsp3) is 0.741. The number of carbonyl (C=O) groups excluding carboxylic acids is 7. The van der Waals surface area contributed by atoms with Crippen LogP contribution in [-0.4, -0.2) is 138 Å². The van der Waals surface area contributed by atoms with Crippen LogP contribution in [0.5, 0.6) is 0 Å². The van der Waals surface area contributed by atoms with Crippen LogP contribution in [-0.2, 0) is 66.7 Å². The molecule has 2 aliphatic heterocycles. The van der Waals surface area contributed by atoms with Gasteiger partial charge in [-0.25, -0.2) is 9.18 Å². The summed E-state index contributed by atoms with van der Waals surface area (Å²) in [6, 6.07) is 0. The number of rotatable bonds is 14. The Labute approximate surface area is 261 Å². The zero-order valence-electron chi connectivity index (χ0n) is 25.9. The van der Waals surface area contributed by atoms with Gasteiger partial charge >= 0.3 is 24.0 Å². The molecule has 2 aliphatic rings. The Morgan fingerprint density at radius 1 is 0.848 bits per heavy atom. The van der Waals surface area contributed by atoms with Crippen LogP contribution in [0.4, 0.5) is 9.18 Å². The van der Waals surface area contributed by atoms with Gasteiger partial charge in [-0.05, 0) is 20.8 Å². The van der Waals surface area contributed by atoms with E-state index >= 15 is 0 Å². The van der Waals surface area contributed by atoms with Crippen LogP contribution in [0.3, 0.4) is 0 Å². The minimum Gasteiger partial charge on any atom is -0.463 e. The standard InChI is InChI=1S/C27H38FNO17/c1-11(30)19(39-8-7-28)23-27(38,13(3)32)26(37,12(2)31)18(10-41-23)45-24-22(43-16(6)35)21(46-25(29)36)20(42-15(5)34)17(44-24)9-40-14(4)33/h17-24,37-38H,7-10H2,1-6H3,(H2,29,36)/t17-,18+,19?,20-,21+,22+,23-,24+,26+,27+/m1/s1. The van der Waals surface area contributed by atoms with Gasteiger partial charge in [-0.1, -0.05) is 0 Å². The van der Waals surface area contributed by atoms with Crippen LogP contribution in [0.2, 0.25) is 0 Å². The van der Waals surface area contributed by atoms with E-state index in [1.807, 2.05) is 0 Å². The van der Waals surface area contributed by atoms with Crippen molar-refractivity contribution in [2.75, 3.05) is 26.5 Å². The van der Waals surface area contributed by atoms with Gasteiger partial charge < -0.3 is 53.8 Å². The Kier molecular flexibility index (Phi) is 13.2. The molecule has 0 radical (unpaired) electrons. The summed E-state index contributed by atoms with van der Waals surface area (Å²) in [7, 11) is 0. The summed E-state index contributed by atoms with van der Waals surface area (Å²) >= 11 is 0. The largest absolute Gasteiger partial charge is 0.463 e. The van der Waals surface area contributed by atoms with Gasteiger partial charge in [0.15, 0.2) is 53.2 Å². The van der Waals surface area contributed by atoms with Crippen molar-refractivity contribution in [2.45, 2.75) is 102 Å². The Hall–Kier alpha value is -3.62. The van der Waals surface area contributed by atoms with E-state index in [2.05, 4.69) is 0 Å². The first kappa shape index (κ1) is 38.6. The molecule has 4 N–H and O–H groups in total. The molecule has 1 unspecified atom stereocenters. The van der Waals surface area contributed by atoms with Gasteiger partial charge in [0, 0.05) is 20.8 Å². The highest BCUT2D eigenvalue weighted by molar-refractivity contribution is 5.99. The summed E-state index contributed by atoms with van der Waals surface area (Å²) < 4.78 is 55.8. The number of nitrogens with two attached hydrogens (primary N) is 1. The molecule has 1 amide bonds. The Morgan fingerprint density at radius 3 is 1.87 bits per heavy atom. The van der Waals surface area contributed by atoms with Crippen molar-refractivity contribution in [3.63, 3.8) is 0 Å². The van der Waals surface area contributed by atoms with Gasteiger partial charge in [0.2, 0.25) is 0 Å². The van der Waals surface area contributed by atoms with E-state index in [-0.39, 0.29) is 0 Å². The number of hydrogen-bond acceptors (Lipinski definition) is 17. The number of Topliss-reactive ketones (excluding diaryl/α,β-unsaturated/α-hetero) is 3. The monoisotopic (exact) mass is 667 g/mol. The number of carbonyl (C=O) groups is 7. The second kappa shape index (κ2) is 15.8. The first-order valence-corrected chi connectivity index (χ1v) is 13.8. The molecule has 2 saturated heterocycles. The molecule has 0 aromatic carbocycles. The number of halogens is 1. The van der Waals surface area contributed by atoms with Gasteiger partial charge in [0.25, 0.3) is 0 Å². The lowest BCUT2D eigenvalue weighted by atomic mass is 9.67. The maximum atomic E-state index is 13.1. The molecule has 19 heteroatoms. The average Bonchev–Trinajstić information content (AvgIpc) is 2.93. The molecule has 2 rings (SSSR count). The SMILES string of the molecule is CC(=O)OC[C@H]1O[C@@H](O[C@H]2CO[C@H](C(OCCF)C(C)=O)[C@@](O)(C(C)=O)[C@]2(O)C(C)=O)[C@@H](OC(C)=O)[C@@H](OC(N)=O)[C@@H]1OC(C)=O. The number of primary amides is 1. The van der Waals surface area contributed by atoms with Crippen molar-refractivity contribution in [1.82, 2.24) is 0 Å². The van der Waals surface area contributed by atoms with E-state index in [0.717, 1.165) is 41.5 Å². The third-order valence-corrected chi connectivity index (χ3v) is 7.21. The van der Waals surface area contributed by atoms with Gasteiger partial charge in [-0.15, -0.1) is 0 Å². The zero-order valence-corrected chi connectivity index (χ0v) is 25.9. The number of amides is 1. The number of aliphatic hydroxyl groups is 2. The molecule has 2 fully saturated rings. The van der Waals surface area contributed by atoms with Crippen molar-refractivity contribution in [3.05, 3.63) is 0 Å². The highest BCUT2D eigenvalue weighted by atomic mass is 19.1. The van der Waals surface area contributed by atoms with Crippen molar-refractivity contribution < 1.29 is 86.1 Å². The van der Waals surface area contributed by atoms with Gasteiger partial charge in [0.1, 0.15) is 37.7 Å². The van der Waals surface area contributed by atoms with Crippen molar-refractivity contribution in [1.29, 1.82) is 0 Å². The number of ether oxygens (including phenoxy) is 8. The average molecular weight is 668 g/mol. The fourth-order valence-electron chi connectivity index (χ4n) is 5.29. The highest BCUT2D eigenvalue weighted by Gasteiger charge is 2.71. The maximum absolute atomic E-state index is 13.1. The van der Waals surface area contributed by atoms with Crippen LogP contribution in [0.25, 0.3) is 0 Å². The summed E-state index contributed by atoms with van der Waals surface area (Å²) in [5.41, 5.74) is -1.32. The van der Waals surface area contributed by atoms with Gasteiger partial charge in [-0.2, -0.15) is 0 Å². The third kappa shape index (κ3) is 8.20. The molecule has 0 bridgehead atoms. The minimum atomic E-state index is -3.28. The smallest absolute Gasteiger partial charge is 0.405 e. The van der Waals surface area contributed by atoms with E-state index in [4.69, 9.17) is 43.6 Å². The van der Waals surface area contributed by atoms with Gasteiger partial charge in [0.05, 0.1) is 13.2 Å². The summed E-state index contributed by atoms with van der Waals surface area (Å²) in [6.45, 7) is 2.16. The minimum absolute atomic E-state index is 0.676. The molecule has 0 spiro atoms. The second-order valence-electron chi connectivity index (χ2n) is 10.5. The molecule has 0 saturated carbocycles. The predicted molar refractivity (Wildman–Crippen MR) is 143 cm³/mol. The Bertz CT molecular complexity index is 1200.